The highest BCUT2D eigenvalue weighted by Gasteiger charge is 2.17. The van der Waals surface area contributed by atoms with Gasteiger partial charge < -0.3 is 5.73 Å². The smallest absolute Gasteiger partial charge is 0.0870 e. The van der Waals surface area contributed by atoms with E-state index in [1.165, 1.54) is 18.2 Å². The Morgan fingerprint density at radius 3 is 2.78 bits per heavy atom. The van der Waals surface area contributed by atoms with Crippen molar-refractivity contribution in [2.75, 3.05) is 0 Å². The van der Waals surface area contributed by atoms with Gasteiger partial charge in [0.15, 0.2) is 0 Å². The Labute approximate surface area is 109 Å². The maximum absolute atomic E-state index is 6.33. The van der Waals surface area contributed by atoms with Gasteiger partial charge in [0.25, 0.3) is 0 Å². The van der Waals surface area contributed by atoms with E-state index in [2.05, 4.69) is 37.1 Å². The van der Waals surface area contributed by atoms with E-state index in [1.54, 1.807) is 0 Å². The minimum absolute atomic E-state index is 0.0395. The molecule has 0 saturated heterocycles. The van der Waals surface area contributed by atoms with Gasteiger partial charge in [0.05, 0.1) is 11.2 Å². The van der Waals surface area contributed by atoms with E-state index in [0.29, 0.717) is 5.92 Å². The van der Waals surface area contributed by atoms with Crippen LogP contribution in [0.15, 0.2) is 24.3 Å². The second-order valence-corrected chi connectivity index (χ2v) is 5.26. The number of hydrogen-bond donors (Lipinski definition) is 1. The first-order valence-electron chi connectivity index (χ1n) is 6.80. The van der Waals surface area contributed by atoms with Crippen LogP contribution in [0.1, 0.15) is 44.8 Å². The molecule has 3 nitrogen and oxygen atoms in total. The summed E-state index contributed by atoms with van der Waals surface area (Å²) in [5, 5.41) is 5.79. The fourth-order valence-corrected chi connectivity index (χ4v) is 2.67. The molecule has 98 valence electrons. The zero-order chi connectivity index (χ0) is 13.1. The Balaban J connectivity index is 2.25. The van der Waals surface area contributed by atoms with E-state index in [1.807, 2.05) is 17.8 Å². The molecule has 3 heteroatoms. The summed E-state index contributed by atoms with van der Waals surface area (Å²) in [6.45, 7) is 4.49. The summed E-state index contributed by atoms with van der Waals surface area (Å²) in [5.41, 5.74) is 8.53. The molecule has 0 amide bonds. The molecule has 0 spiro atoms. The Morgan fingerprint density at radius 2 is 2.06 bits per heavy atom. The van der Waals surface area contributed by atoms with Crippen molar-refractivity contribution in [1.29, 1.82) is 0 Å². The standard InChI is InChI=1S/C15H23N3/c1-4-7-11(2)10-13(16)15-12-8-5-6-9-14(12)18(3)17-15/h5-6,8-9,11,13H,4,7,10,16H2,1-3H3. The second kappa shape index (κ2) is 5.53. The lowest BCUT2D eigenvalue weighted by Crippen LogP contribution is -2.15. The molecule has 2 rings (SSSR count). The van der Waals surface area contributed by atoms with Crippen LogP contribution in [0, 0.1) is 5.92 Å². The molecule has 1 aromatic carbocycles. The van der Waals surface area contributed by atoms with Gasteiger partial charge in [-0.15, -0.1) is 0 Å². The maximum atomic E-state index is 6.33. The van der Waals surface area contributed by atoms with E-state index in [-0.39, 0.29) is 6.04 Å². The minimum Gasteiger partial charge on any atom is -0.323 e. The van der Waals surface area contributed by atoms with Gasteiger partial charge in [0.1, 0.15) is 0 Å². The van der Waals surface area contributed by atoms with Crippen molar-refractivity contribution in [2.45, 2.75) is 39.2 Å². The number of rotatable bonds is 5. The molecule has 18 heavy (non-hydrogen) atoms. The van der Waals surface area contributed by atoms with Gasteiger partial charge >= 0.3 is 0 Å². The van der Waals surface area contributed by atoms with E-state index >= 15 is 0 Å². The van der Waals surface area contributed by atoms with Crippen LogP contribution in [0.2, 0.25) is 0 Å². The summed E-state index contributed by atoms with van der Waals surface area (Å²) in [6, 6.07) is 8.34. The lowest BCUT2D eigenvalue weighted by Gasteiger charge is -2.15. The summed E-state index contributed by atoms with van der Waals surface area (Å²) < 4.78 is 1.93. The number of aromatic nitrogens is 2. The molecule has 1 aromatic heterocycles. The van der Waals surface area contributed by atoms with Crippen LogP contribution in [0.5, 0.6) is 0 Å². The number of nitrogens with zero attached hydrogens (tertiary/aromatic N) is 2. The predicted octanol–water partition coefficient (Wildman–Crippen LogP) is 3.40. The fourth-order valence-electron chi connectivity index (χ4n) is 2.67. The molecule has 2 atom stereocenters. The predicted molar refractivity (Wildman–Crippen MR) is 76.3 cm³/mol. The molecule has 0 fully saturated rings. The molecule has 2 unspecified atom stereocenters. The average molecular weight is 245 g/mol. The van der Waals surface area contributed by atoms with Gasteiger partial charge in [-0.1, -0.05) is 44.9 Å². The number of aryl methyl sites for hydroxylation is 1. The molecule has 0 bridgehead atoms. The number of hydrogen-bond acceptors (Lipinski definition) is 2. The van der Waals surface area contributed by atoms with Crippen LogP contribution in [0.25, 0.3) is 10.9 Å². The highest BCUT2D eigenvalue weighted by molar-refractivity contribution is 5.82. The molecule has 0 aliphatic rings. The lowest BCUT2D eigenvalue weighted by atomic mass is 9.95. The number of fused-ring (bicyclic) bond motifs is 1. The van der Waals surface area contributed by atoms with Crippen LogP contribution in [0.3, 0.4) is 0 Å². The summed E-state index contributed by atoms with van der Waals surface area (Å²) in [6.07, 6.45) is 3.46. The SMILES string of the molecule is CCCC(C)CC(N)c1nn(C)c2ccccc12. The van der Waals surface area contributed by atoms with Gasteiger partial charge in [0.2, 0.25) is 0 Å². The van der Waals surface area contributed by atoms with Crippen molar-refractivity contribution >= 4 is 10.9 Å². The zero-order valence-electron chi connectivity index (χ0n) is 11.6. The third kappa shape index (κ3) is 2.56. The summed E-state index contributed by atoms with van der Waals surface area (Å²) in [4.78, 5) is 0. The Kier molecular flexibility index (Phi) is 4.02. The first-order valence-corrected chi connectivity index (χ1v) is 6.80. The molecule has 0 aliphatic carbocycles. The maximum Gasteiger partial charge on any atom is 0.0870 e. The number of benzene rings is 1. The molecule has 0 saturated carbocycles. The van der Waals surface area contributed by atoms with Crippen molar-refractivity contribution in [3.63, 3.8) is 0 Å². The van der Waals surface area contributed by atoms with Crippen molar-refractivity contribution < 1.29 is 0 Å². The molecule has 1 heterocycles. The third-order valence-electron chi connectivity index (χ3n) is 3.58. The molecular formula is C15H23N3. The first-order chi connectivity index (χ1) is 8.63. The molecule has 0 aliphatic heterocycles. The highest BCUT2D eigenvalue weighted by Crippen LogP contribution is 2.27. The molecular weight excluding hydrogens is 222 g/mol. The minimum atomic E-state index is 0.0395. The molecule has 2 N–H and O–H groups in total. The van der Waals surface area contributed by atoms with E-state index < -0.39 is 0 Å². The normalized spacial score (nSPS) is 14.9. The third-order valence-corrected chi connectivity index (χ3v) is 3.58. The molecule has 0 radical (unpaired) electrons. The summed E-state index contributed by atoms with van der Waals surface area (Å²) in [5.74, 6) is 0.658. The van der Waals surface area contributed by atoms with Crippen molar-refractivity contribution in [2.24, 2.45) is 18.7 Å². The largest absolute Gasteiger partial charge is 0.323 e. The fraction of sp³-hybridized carbons (Fsp3) is 0.533. The second-order valence-electron chi connectivity index (χ2n) is 5.26. The topological polar surface area (TPSA) is 43.8 Å². The van der Waals surface area contributed by atoms with E-state index in [4.69, 9.17) is 5.73 Å². The van der Waals surface area contributed by atoms with Crippen molar-refractivity contribution in [3.05, 3.63) is 30.0 Å². The van der Waals surface area contributed by atoms with Gasteiger partial charge in [-0.05, 0) is 18.4 Å². The number of nitrogens with two attached hydrogens (primary N) is 1. The summed E-state index contributed by atoms with van der Waals surface area (Å²) in [7, 11) is 1.98. The van der Waals surface area contributed by atoms with Gasteiger partial charge in [-0.25, -0.2) is 0 Å². The Bertz CT molecular complexity index is 515. The van der Waals surface area contributed by atoms with E-state index in [9.17, 15) is 0 Å². The highest BCUT2D eigenvalue weighted by atomic mass is 15.3. The quantitative estimate of drug-likeness (QED) is 0.877. The van der Waals surface area contributed by atoms with E-state index in [0.717, 1.165) is 17.6 Å². The van der Waals surface area contributed by atoms with Gasteiger partial charge in [-0.2, -0.15) is 5.10 Å². The van der Waals surface area contributed by atoms with Crippen LogP contribution in [0.4, 0.5) is 0 Å². The first kappa shape index (κ1) is 13.1. The van der Waals surface area contributed by atoms with Crippen LogP contribution in [-0.4, -0.2) is 9.78 Å². The zero-order valence-corrected chi connectivity index (χ0v) is 11.6. The monoisotopic (exact) mass is 245 g/mol. The van der Waals surface area contributed by atoms with Gasteiger partial charge in [0, 0.05) is 18.5 Å². The average Bonchev–Trinajstić information content (AvgIpc) is 2.68. The van der Waals surface area contributed by atoms with Crippen molar-refractivity contribution in [3.8, 4) is 0 Å². The van der Waals surface area contributed by atoms with Crippen LogP contribution in [-0.2, 0) is 7.05 Å². The number of para-hydroxylation sites is 1. The molecule has 2 aromatic rings. The van der Waals surface area contributed by atoms with Crippen LogP contribution >= 0.6 is 0 Å². The Morgan fingerprint density at radius 1 is 1.33 bits per heavy atom. The lowest BCUT2D eigenvalue weighted by molar-refractivity contribution is 0.435. The van der Waals surface area contributed by atoms with Crippen molar-refractivity contribution in [1.82, 2.24) is 9.78 Å². The Hall–Kier alpha value is -1.35. The van der Waals surface area contributed by atoms with Gasteiger partial charge in [-0.3, -0.25) is 4.68 Å². The summed E-state index contributed by atoms with van der Waals surface area (Å²) >= 11 is 0. The van der Waals surface area contributed by atoms with Crippen LogP contribution < -0.4 is 5.73 Å².